The largest absolute Gasteiger partial charge is 0.350 e. The van der Waals surface area contributed by atoms with E-state index in [0.717, 1.165) is 18.4 Å². The van der Waals surface area contributed by atoms with Crippen molar-refractivity contribution < 1.29 is 19.2 Å². The lowest BCUT2D eigenvalue weighted by atomic mass is 10.1. The minimum atomic E-state index is -0.937. The molecule has 8 heteroatoms. The van der Waals surface area contributed by atoms with E-state index in [0.29, 0.717) is 12.6 Å². The molecule has 4 N–H and O–H groups in total. The van der Waals surface area contributed by atoms with Gasteiger partial charge in [-0.15, -0.1) is 0 Å². The summed E-state index contributed by atoms with van der Waals surface area (Å²) in [5, 5.41) is 15.0. The Labute approximate surface area is 171 Å². The Morgan fingerprint density at radius 3 is 2.24 bits per heavy atom. The van der Waals surface area contributed by atoms with Crippen LogP contribution in [0.1, 0.15) is 51.5 Å². The Morgan fingerprint density at radius 2 is 1.66 bits per heavy atom. The molecule has 0 aliphatic rings. The van der Waals surface area contributed by atoms with E-state index in [9.17, 15) is 19.2 Å². The fourth-order valence-corrected chi connectivity index (χ4v) is 2.73. The van der Waals surface area contributed by atoms with Crippen molar-refractivity contribution >= 4 is 29.7 Å². The quantitative estimate of drug-likeness (QED) is 0.373. The first-order valence-electron chi connectivity index (χ1n) is 9.79. The van der Waals surface area contributed by atoms with E-state index in [1.54, 1.807) is 0 Å². The lowest BCUT2D eigenvalue weighted by Crippen LogP contribution is -2.53. The van der Waals surface area contributed by atoms with Crippen molar-refractivity contribution in [3.05, 3.63) is 35.9 Å². The van der Waals surface area contributed by atoms with Crippen LogP contribution >= 0.6 is 0 Å². The van der Waals surface area contributed by atoms with Gasteiger partial charge in [-0.05, 0) is 18.4 Å². The van der Waals surface area contributed by atoms with Crippen LogP contribution in [0.3, 0.4) is 0 Å². The van der Waals surface area contributed by atoms with Crippen molar-refractivity contribution in [2.24, 2.45) is 0 Å². The van der Waals surface area contributed by atoms with Gasteiger partial charge in [0, 0.05) is 19.9 Å². The summed E-state index contributed by atoms with van der Waals surface area (Å²) < 4.78 is 0. The van der Waals surface area contributed by atoms with Crippen LogP contribution in [0.4, 0.5) is 0 Å². The van der Waals surface area contributed by atoms with Gasteiger partial charge in [-0.25, -0.2) is 0 Å². The van der Waals surface area contributed by atoms with Crippen LogP contribution in [0.25, 0.3) is 0 Å². The maximum absolute atomic E-state index is 12.7. The zero-order valence-electron chi connectivity index (χ0n) is 17.0. The third kappa shape index (κ3) is 9.64. The van der Waals surface area contributed by atoms with Gasteiger partial charge in [0.2, 0.25) is 17.7 Å². The summed E-state index contributed by atoms with van der Waals surface area (Å²) in [4.78, 5) is 48.2. The van der Waals surface area contributed by atoms with Crippen LogP contribution in [0.5, 0.6) is 0 Å². The summed E-state index contributed by atoms with van der Waals surface area (Å²) in [6, 6.07) is 7.64. The highest BCUT2D eigenvalue weighted by molar-refractivity contribution is 6.26. The highest BCUT2D eigenvalue weighted by Crippen LogP contribution is 2.05. The number of hydrogen-bond acceptors (Lipinski definition) is 5. The Hall–Kier alpha value is -3.03. The molecule has 1 aromatic rings. The van der Waals surface area contributed by atoms with Gasteiger partial charge >= 0.3 is 0 Å². The number of unbranched alkanes of at least 4 members (excludes halogenated alkanes) is 1. The molecule has 8 nitrogen and oxygen atoms in total. The number of Topliss-reactive ketones (excluding diaryl/α,β-unsaturated/α-hetero) is 1. The standard InChI is InChI=1S/C21H30N4O4/c1-3-4-10-18(24-15(2)26)21(29)25-19(12-11-17(27)13-22)20(28)23-14-16-8-6-5-7-9-16/h5-9,13,18-19,22H,3-4,10-12,14H2,1-2H3,(H,23,28)(H,24,26)(H,25,29)/t18-,19-/m0/s1. The van der Waals surface area contributed by atoms with Crippen LogP contribution in [-0.4, -0.2) is 41.8 Å². The SMILES string of the molecule is CCCC[C@H](NC(C)=O)C(=O)N[C@@H](CCC(=O)C=N)C(=O)NCc1ccccc1. The molecule has 0 saturated carbocycles. The van der Waals surface area contributed by atoms with Gasteiger partial charge in [-0.3, -0.25) is 19.2 Å². The summed E-state index contributed by atoms with van der Waals surface area (Å²) in [6.45, 7) is 3.60. The molecule has 0 spiro atoms. The Balaban J connectivity index is 2.80. The molecular formula is C21H30N4O4. The number of benzene rings is 1. The number of hydrogen-bond donors (Lipinski definition) is 4. The van der Waals surface area contributed by atoms with E-state index in [1.807, 2.05) is 37.3 Å². The first-order chi connectivity index (χ1) is 13.9. The number of amides is 3. The molecule has 29 heavy (non-hydrogen) atoms. The predicted octanol–water partition coefficient (Wildman–Crippen LogP) is 1.48. The smallest absolute Gasteiger partial charge is 0.243 e. The van der Waals surface area contributed by atoms with Gasteiger partial charge in [0.1, 0.15) is 12.1 Å². The monoisotopic (exact) mass is 402 g/mol. The normalized spacial score (nSPS) is 12.3. The predicted molar refractivity (Wildman–Crippen MR) is 110 cm³/mol. The molecule has 0 aliphatic heterocycles. The Morgan fingerprint density at radius 1 is 1.00 bits per heavy atom. The molecule has 0 heterocycles. The zero-order valence-corrected chi connectivity index (χ0v) is 17.0. The van der Waals surface area contributed by atoms with Crippen LogP contribution in [-0.2, 0) is 25.7 Å². The van der Waals surface area contributed by atoms with Gasteiger partial charge in [-0.1, -0.05) is 50.1 Å². The van der Waals surface area contributed by atoms with E-state index < -0.39 is 29.7 Å². The summed E-state index contributed by atoms with van der Waals surface area (Å²) in [7, 11) is 0. The minimum absolute atomic E-state index is 0.0348. The highest BCUT2D eigenvalue weighted by Gasteiger charge is 2.26. The van der Waals surface area contributed by atoms with Crippen LogP contribution in [0.15, 0.2) is 30.3 Å². The highest BCUT2D eigenvalue weighted by atomic mass is 16.2. The van der Waals surface area contributed by atoms with E-state index in [2.05, 4.69) is 16.0 Å². The maximum atomic E-state index is 12.7. The fourth-order valence-electron chi connectivity index (χ4n) is 2.73. The lowest BCUT2D eigenvalue weighted by molar-refractivity contribution is -0.132. The summed E-state index contributed by atoms with van der Waals surface area (Å²) in [5.41, 5.74) is 0.903. The number of ketones is 1. The van der Waals surface area contributed by atoms with Gasteiger partial charge < -0.3 is 21.4 Å². The van der Waals surface area contributed by atoms with Crippen molar-refractivity contribution in [2.45, 2.75) is 64.6 Å². The third-order valence-corrected chi connectivity index (χ3v) is 4.32. The van der Waals surface area contributed by atoms with Gasteiger partial charge in [0.25, 0.3) is 0 Å². The molecule has 3 amide bonds. The summed E-state index contributed by atoms with van der Waals surface area (Å²) in [6.07, 6.45) is 2.80. The third-order valence-electron chi connectivity index (χ3n) is 4.32. The molecule has 1 aromatic carbocycles. The molecule has 2 atom stereocenters. The first-order valence-corrected chi connectivity index (χ1v) is 9.79. The van der Waals surface area contributed by atoms with Crippen molar-refractivity contribution in [3.8, 4) is 0 Å². The summed E-state index contributed by atoms with van der Waals surface area (Å²) in [5.74, 6) is -1.64. The number of rotatable bonds is 13. The zero-order chi connectivity index (χ0) is 21.6. The van der Waals surface area contributed by atoms with Gasteiger partial charge in [0.05, 0.1) is 6.21 Å². The fraction of sp³-hybridized carbons (Fsp3) is 0.476. The number of nitrogens with one attached hydrogen (secondary N) is 4. The van der Waals surface area contributed by atoms with E-state index in [1.165, 1.54) is 6.92 Å². The van der Waals surface area contributed by atoms with E-state index in [4.69, 9.17) is 5.41 Å². The minimum Gasteiger partial charge on any atom is -0.350 e. The average molecular weight is 402 g/mol. The molecule has 0 bridgehead atoms. The molecule has 0 aromatic heterocycles. The van der Waals surface area contributed by atoms with Crippen molar-refractivity contribution in [1.82, 2.24) is 16.0 Å². The van der Waals surface area contributed by atoms with Crippen LogP contribution in [0.2, 0.25) is 0 Å². The van der Waals surface area contributed by atoms with Gasteiger partial charge in [-0.2, -0.15) is 0 Å². The second kappa shape index (κ2) is 13.2. The van der Waals surface area contributed by atoms with Gasteiger partial charge in [0.15, 0.2) is 5.78 Å². The average Bonchev–Trinajstić information content (AvgIpc) is 2.72. The Bertz CT molecular complexity index is 706. The van der Waals surface area contributed by atoms with E-state index in [-0.39, 0.29) is 25.3 Å². The maximum Gasteiger partial charge on any atom is 0.243 e. The molecule has 0 unspecified atom stereocenters. The Kier molecular flexibility index (Phi) is 10.9. The molecule has 0 aliphatic carbocycles. The topological polar surface area (TPSA) is 128 Å². The van der Waals surface area contributed by atoms with Crippen molar-refractivity contribution in [1.29, 1.82) is 5.41 Å². The lowest BCUT2D eigenvalue weighted by Gasteiger charge is -2.22. The molecule has 0 fully saturated rings. The van der Waals surface area contributed by atoms with Crippen LogP contribution < -0.4 is 16.0 Å². The number of carbonyl (C=O) groups is 4. The number of carbonyl (C=O) groups excluding carboxylic acids is 4. The molecule has 0 radical (unpaired) electrons. The second-order valence-electron chi connectivity index (χ2n) is 6.81. The first kappa shape index (κ1) is 24.0. The van der Waals surface area contributed by atoms with Crippen molar-refractivity contribution in [2.75, 3.05) is 0 Å². The summed E-state index contributed by atoms with van der Waals surface area (Å²) >= 11 is 0. The second-order valence-corrected chi connectivity index (χ2v) is 6.81. The molecule has 158 valence electrons. The van der Waals surface area contributed by atoms with Crippen molar-refractivity contribution in [3.63, 3.8) is 0 Å². The van der Waals surface area contributed by atoms with E-state index >= 15 is 0 Å². The van der Waals surface area contributed by atoms with Crippen LogP contribution in [0, 0.1) is 5.41 Å². The molecule has 0 saturated heterocycles. The molecular weight excluding hydrogens is 372 g/mol. The molecule has 1 rings (SSSR count).